The SMILES string of the molecule is CN[C@@H]1CCC[C@@]2(C1)C(=O)[C@@H]1c3cc[nH]c3[C@@H]3CC[C@]1(C3)[C@@]1(C)[C@H]3[C@H](O)[C@@H]4Cn5cc([C@H](C=O)c6cc(C7CCCCC7)cc(C7(O)CCOCC7)c6)c6[nH]cc(c65)CC[C@@](C)(C[C@@H](O)[C@H]5OC5(C)C)C5=C4[C@](C)(CC5=O)[C@@]3(C)CC[C@@H]21. The Morgan fingerprint density at radius 1 is 0.890 bits per heavy atom. The number of nitrogens with one attached hydrogen (secondary N) is 3. The topological polar surface area (TPSA) is 182 Å². The van der Waals surface area contributed by atoms with Gasteiger partial charge in [-0.25, -0.2) is 0 Å². The van der Waals surface area contributed by atoms with Gasteiger partial charge in [-0.15, -0.1) is 0 Å². The van der Waals surface area contributed by atoms with E-state index in [-0.39, 0.29) is 41.1 Å². The van der Waals surface area contributed by atoms with Gasteiger partial charge in [0.15, 0.2) is 5.78 Å². The van der Waals surface area contributed by atoms with E-state index in [0.717, 1.165) is 121 Å². The lowest BCUT2D eigenvalue weighted by Crippen LogP contribution is -2.75. The number of carbonyl (C=O) groups excluding carboxylic acids is 3. The number of Topliss-reactive ketones (excluding diaryl/α,β-unsaturated/α-hetero) is 2. The number of nitrogens with zero attached hydrogens (tertiary/aromatic N) is 1. The summed E-state index contributed by atoms with van der Waals surface area (Å²) < 4.78 is 14.3. The van der Waals surface area contributed by atoms with Crippen LogP contribution in [-0.4, -0.2) is 97.9 Å². The Morgan fingerprint density at radius 2 is 1.67 bits per heavy atom. The fourth-order valence-corrected chi connectivity index (χ4v) is 22.9. The molecule has 440 valence electrons. The summed E-state index contributed by atoms with van der Waals surface area (Å²) in [4.78, 5) is 54.1. The predicted molar refractivity (Wildman–Crippen MR) is 314 cm³/mol. The van der Waals surface area contributed by atoms with Crippen molar-refractivity contribution in [1.82, 2.24) is 19.9 Å². The van der Waals surface area contributed by atoms with Gasteiger partial charge in [-0.05, 0) is 189 Å². The molecule has 8 aliphatic carbocycles. The number of hydrogen-bond donors (Lipinski definition) is 6. The molecule has 12 heteroatoms. The number of carbonyl (C=O) groups is 3. The average Bonchev–Trinajstić information content (AvgIpc) is 1.13. The van der Waals surface area contributed by atoms with E-state index in [1.807, 2.05) is 13.8 Å². The number of aromatic nitrogens is 3. The zero-order valence-electron chi connectivity index (χ0n) is 50.1. The van der Waals surface area contributed by atoms with Crippen LogP contribution in [-0.2, 0) is 42.4 Å². The van der Waals surface area contributed by atoms with Crippen LogP contribution in [0.2, 0.25) is 0 Å². The number of aldehydes is 1. The zero-order chi connectivity index (χ0) is 56.9. The highest BCUT2D eigenvalue weighted by molar-refractivity contribution is 6.02. The smallest absolute Gasteiger partial charge is 0.160 e. The minimum atomic E-state index is -1.06. The van der Waals surface area contributed by atoms with Gasteiger partial charge in [-0.1, -0.05) is 71.6 Å². The van der Waals surface area contributed by atoms with Gasteiger partial charge in [-0.3, -0.25) is 9.59 Å². The summed E-state index contributed by atoms with van der Waals surface area (Å²) in [5.74, 6) is -0.325. The number of aliphatic hydroxyl groups is 3. The molecule has 2 saturated heterocycles. The number of ketones is 2. The maximum absolute atomic E-state index is 16.4. The maximum atomic E-state index is 16.4. The Kier molecular flexibility index (Phi) is 12.2. The number of allylic oxidation sites excluding steroid dienone is 1. The molecule has 12 nitrogen and oxygen atoms in total. The van der Waals surface area contributed by atoms with Crippen LogP contribution in [0, 0.1) is 50.2 Å². The number of epoxide rings is 1. The van der Waals surface area contributed by atoms with Crippen LogP contribution in [0.3, 0.4) is 0 Å². The number of aromatic amines is 2. The number of benzene rings is 1. The lowest BCUT2D eigenvalue weighted by Gasteiger charge is -2.76. The lowest BCUT2D eigenvalue weighted by molar-refractivity contribution is -0.271. The molecule has 8 fully saturated rings. The average molecular weight is 1120 g/mol. The fraction of sp³-hybridized carbons (Fsp3) is 0.700. The highest BCUT2D eigenvalue weighted by atomic mass is 16.6. The molecule has 16 atom stereocenters. The van der Waals surface area contributed by atoms with Crippen molar-refractivity contribution in [3.63, 3.8) is 0 Å². The van der Waals surface area contributed by atoms with Crippen molar-refractivity contribution in [3.8, 4) is 0 Å². The largest absolute Gasteiger partial charge is 0.392 e. The first-order chi connectivity index (χ1) is 39.2. The second kappa shape index (κ2) is 18.4. The lowest BCUT2D eigenvalue weighted by atomic mass is 9.27. The highest BCUT2D eigenvalue weighted by Crippen LogP contribution is 2.84. The minimum absolute atomic E-state index is 0.0578. The van der Waals surface area contributed by atoms with Gasteiger partial charge in [0.05, 0.1) is 46.3 Å². The van der Waals surface area contributed by atoms with Gasteiger partial charge in [0.2, 0.25) is 0 Å². The number of rotatable bonds is 9. The van der Waals surface area contributed by atoms with Crippen LogP contribution in [0.25, 0.3) is 11.0 Å². The van der Waals surface area contributed by atoms with Gasteiger partial charge >= 0.3 is 0 Å². The molecule has 82 heavy (non-hydrogen) atoms. The Morgan fingerprint density at radius 3 is 2.41 bits per heavy atom. The van der Waals surface area contributed by atoms with Crippen molar-refractivity contribution in [1.29, 1.82) is 0 Å². The Bertz CT molecular complexity index is 3320. The number of aryl methyl sites for hydroxylation is 1. The summed E-state index contributed by atoms with van der Waals surface area (Å²) in [7, 11) is 2.07. The first kappa shape index (κ1) is 54.5. The van der Waals surface area contributed by atoms with Crippen LogP contribution in [0.5, 0.6) is 0 Å². The van der Waals surface area contributed by atoms with E-state index in [1.54, 1.807) is 0 Å². The molecule has 4 aromatic rings. The summed E-state index contributed by atoms with van der Waals surface area (Å²) in [5, 5.41) is 43.2. The quantitative estimate of drug-likeness (QED) is 0.0702. The fourth-order valence-electron chi connectivity index (χ4n) is 22.9. The number of H-pyrrole nitrogens is 2. The Balaban J connectivity index is 0.928. The summed E-state index contributed by atoms with van der Waals surface area (Å²) in [5.41, 5.74) is 6.37. The van der Waals surface area contributed by atoms with Gasteiger partial charge in [0.25, 0.3) is 0 Å². The molecule has 6 N–H and O–H groups in total. The number of hydrogen-bond acceptors (Lipinski definition) is 9. The molecular formula is C70H92N4O8. The molecule has 2 spiro atoms. The summed E-state index contributed by atoms with van der Waals surface area (Å²) in [6, 6.07) is 9.07. The van der Waals surface area contributed by atoms with E-state index in [1.165, 1.54) is 36.1 Å². The van der Waals surface area contributed by atoms with E-state index in [2.05, 4.69) is 97.5 Å². The van der Waals surface area contributed by atoms with Gasteiger partial charge < -0.3 is 49.4 Å². The molecule has 6 heterocycles. The second-order valence-corrected chi connectivity index (χ2v) is 30.8. The first-order valence-corrected chi connectivity index (χ1v) is 32.5. The van der Waals surface area contributed by atoms with Gasteiger partial charge in [-0.2, -0.15) is 0 Å². The molecule has 6 saturated carbocycles. The molecule has 0 unspecified atom stereocenters. The molecule has 0 amide bonds. The van der Waals surface area contributed by atoms with E-state index in [9.17, 15) is 20.1 Å². The van der Waals surface area contributed by atoms with Crippen molar-refractivity contribution < 1.29 is 39.2 Å². The van der Waals surface area contributed by atoms with Crippen molar-refractivity contribution in [3.05, 3.63) is 93.1 Å². The van der Waals surface area contributed by atoms with Gasteiger partial charge in [0, 0.05) is 97.2 Å². The van der Waals surface area contributed by atoms with E-state index >= 15 is 9.59 Å². The normalized spacial score (nSPS) is 41.6. The van der Waals surface area contributed by atoms with E-state index in [4.69, 9.17) is 9.47 Å². The highest BCUT2D eigenvalue weighted by Gasteiger charge is 2.81. The van der Waals surface area contributed by atoms with Crippen molar-refractivity contribution in [2.45, 2.75) is 236 Å². The third kappa shape index (κ3) is 7.20. The summed E-state index contributed by atoms with van der Waals surface area (Å²) in [6.45, 7) is 15.1. The molecular weight excluding hydrogens is 1020 g/mol. The number of fused-ring (bicyclic) bond motifs is 9. The Hall–Kier alpha value is -4.17. The molecule has 1 aromatic carbocycles. The predicted octanol–water partition coefficient (Wildman–Crippen LogP) is 11.6. The maximum Gasteiger partial charge on any atom is 0.160 e. The van der Waals surface area contributed by atoms with E-state index < -0.39 is 62.3 Å². The van der Waals surface area contributed by atoms with Crippen LogP contribution in [0.1, 0.15) is 226 Å². The molecule has 15 rings (SSSR count). The second-order valence-electron chi connectivity index (χ2n) is 30.8. The first-order valence-electron chi connectivity index (χ1n) is 32.5. The summed E-state index contributed by atoms with van der Waals surface area (Å²) >= 11 is 0. The van der Waals surface area contributed by atoms with Crippen molar-refractivity contribution in [2.75, 3.05) is 20.3 Å². The van der Waals surface area contributed by atoms with Gasteiger partial charge in [0.1, 0.15) is 18.2 Å². The van der Waals surface area contributed by atoms with Crippen LogP contribution in [0.4, 0.5) is 0 Å². The van der Waals surface area contributed by atoms with Crippen molar-refractivity contribution in [2.24, 2.45) is 50.2 Å². The van der Waals surface area contributed by atoms with Crippen molar-refractivity contribution >= 4 is 28.9 Å². The standard InChI is InChI=1S/C70H92N4O8/c1-63(2)62(82-63)51(77)33-64(3)20-15-41-35-73-57-47(49(38-75)43-28-42(39-12-9-8-10-13-39)29-44(30-43)70(80)23-26-81-27-24-70)36-74(58(41)57)37-48-53-55(64)50(76)34-66(53,5)65(4)21-17-52-67(6,60(65)59(48)78)69-22-16-40(31-69)56-46(18-25-72-56)54(69)61(79)68(52)19-11-14-45(32-68)71-7/h18,25,28-30,35-36,38-40,45,48-49,51-52,54,59-60,62,71-73,77-78,80H,8-17,19-24,26-27,31-34,37H2,1-7H3/t40-,45-,48-,49-,51-,52-,54+,59-,60+,62-,64+,65+,66+,67-,68+,69-/m1/s1. The monoisotopic (exact) mass is 1120 g/mol. The molecule has 3 aliphatic heterocycles. The van der Waals surface area contributed by atoms with Crippen LogP contribution >= 0.6 is 0 Å². The molecule has 3 aromatic heterocycles. The minimum Gasteiger partial charge on any atom is -0.392 e. The number of aliphatic hydroxyl groups excluding tert-OH is 2. The third-order valence-electron chi connectivity index (χ3n) is 26.9. The van der Waals surface area contributed by atoms with E-state index in [0.29, 0.717) is 75.9 Å². The molecule has 2 bridgehead atoms. The molecule has 11 aliphatic rings. The molecule has 0 radical (unpaired) electrons. The van der Waals surface area contributed by atoms with Crippen LogP contribution < -0.4 is 5.32 Å². The Labute approximate surface area is 485 Å². The number of ether oxygens (including phenoxy) is 2. The summed E-state index contributed by atoms with van der Waals surface area (Å²) in [6.07, 6.45) is 22.4. The zero-order valence-corrected chi connectivity index (χ0v) is 50.1. The van der Waals surface area contributed by atoms with Crippen LogP contribution in [0.15, 0.2) is 54.0 Å². The third-order valence-corrected chi connectivity index (χ3v) is 26.9.